The molecule has 114 valence electrons. The molecule has 1 unspecified atom stereocenters. The maximum Gasteiger partial charge on any atom is 0.416 e. The fraction of sp³-hybridized carbons (Fsp3) is 0.333. The zero-order valence-corrected chi connectivity index (χ0v) is 12.4. The fourth-order valence-electron chi connectivity index (χ4n) is 2.24. The van der Waals surface area contributed by atoms with Crippen LogP contribution >= 0.6 is 11.3 Å². The van der Waals surface area contributed by atoms with Gasteiger partial charge in [0.25, 0.3) is 0 Å². The van der Waals surface area contributed by atoms with Gasteiger partial charge in [-0.3, -0.25) is 11.3 Å². The Morgan fingerprint density at radius 1 is 1.19 bits per heavy atom. The Morgan fingerprint density at radius 2 is 1.86 bits per heavy atom. The molecule has 0 spiro atoms. The summed E-state index contributed by atoms with van der Waals surface area (Å²) in [5.74, 6) is 5.61. The summed E-state index contributed by atoms with van der Waals surface area (Å²) < 4.78 is 37.6. The Kier molecular flexibility index (Phi) is 5.03. The molecule has 2 nitrogen and oxygen atoms in total. The van der Waals surface area contributed by atoms with Gasteiger partial charge in [-0.2, -0.15) is 13.2 Å². The van der Waals surface area contributed by atoms with Crippen LogP contribution in [0.2, 0.25) is 0 Å². The van der Waals surface area contributed by atoms with Crippen molar-refractivity contribution in [3.05, 3.63) is 57.3 Å². The number of halogens is 3. The van der Waals surface area contributed by atoms with Crippen molar-refractivity contribution in [2.75, 3.05) is 0 Å². The van der Waals surface area contributed by atoms with Crippen LogP contribution in [0.5, 0.6) is 0 Å². The number of rotatable bonds is 5. The minimum Gasteiger partial charge on any atom is -0.271 e. The molecule has 1 heterocycles. The highest BCUT2D eigenvalue weighted by Gasteiger charge is 2.30. The molecule has 0 aliphatic rings. The largest absolute Gasteiger partial charge is 0.416 e. The van der Waals surface area contributed by atoms with Crippen molar-refractivity contribution in [2.45, 2.75) is 32.0 Å². The van der Waals surface area contributed by atoms with Gasteiger partial charge < -0.3 is 0 Å². The van der Waals surface area contributed by atoms with Gasteiger partial charge >= 0.3 is 6.18 Å². The predicted molar refractivity (Wildman–Crippen MR) is 78.9 cm³/mol. The highest BCUT2D eigenvalue weighted by atomic mass is 32.1. The van der Waals surface area contributed by atoms with Crippen LogP contribution in [0, 0.1) is 0 Å². The molecule has 0 amide bonds. The third-order valence-corrected chi connectivity index (χ3v) is 4.47. The van der Waals surface area contributed by atoms with Gasteiger partial charge in [0.15, 0.2) is 0 Å². The van der Waals surface area contributed by atoms with Gasteiger partial charge in [0.1, 0.15) is 0 Å². The SMILES string of the molecule is CCc1ccsc1C(Cc1ccc(C(F)(F)F)cc1)NN. The fourth-order valence-corrected chi connectivity index (χ4v) is 3.30. The summed E-state index contributed by atoms with van der Waals surface area (Å²) >= 11 is 1.61. The number of nitrogens with two attached hydrogens (primary N) is 1. The van der Waals surface area contributed by atoms with E-state index in [4.69, 9.17) is 5.84 Å². The molecule has 2 aromatic rings. The topological polar surface area (TPSA) is 38.0 Å². The van der Waals surface area contributed by atoms with Crippen LogP contribution in [-0.4, -0.2) is 0 Å². The first-order chi connectivity index (χ1) is 9.95. The number of hydrazine groups is 1. The van der Waals surface area contributed by atoms with E-state index in [-0.39, 0.29) is 6.04 Å². The molecule has 6 heteroatoms. The smallest absolute Gasteiger partial charge is 0.271 e. The van der Waals surface area contributed by atoms with E-state index >= 15 is 0 Å². The molecular formula is C15H17F3N2S. The van der Waals surface area contributed by atoms with Crippen LogP contribution in [0.4, 0.5) is 13.2 Å². The van der Waals surface area contributed by atoms with Crippen LogP contribution in [0.3, 0.4) is 0 Å². The summed E-state index contributed by atoms with van der Waals surface area (Å²) in [6, 6.07) is 7.20. The monoisotopic (exact) mass is 314 g/mol. The second-order valence-corrected chi connectivity index (χ2v) is 5.73. The van der Waals surface area contributed by atoms with Crippen molar-refractivity contribution in [1.29, 1.82) is 0 Å². The number of nitrogens with one attached hydrogen (secondary N) is 1. The minimum absolute atomic E-state index is 0.0864. The first-order valence-electron chi connectivity index (χ1n) is 6.64. The van der Waals surface area contributed by atoms with Crippen LogP contribution in [0.15, 0.2) is 35.7 Å². The van der Waals surface area contributed by atoms with Gasteiger partial charge in [-0.1, -0.05) is 19.1 Å². The van der Waals surface area contributed by atoms with Crippen molar-refractivity contribution >= 4 is 11.3 Å². The lowest BCUT2D eigenvalue weighted by molar-refractivity contribution is -0.137. The van der Waals surface area contributed by atoms with Crippen molar-refractivity contribution in [3.63, 3.8) is 0 Å². The molecule has 0 fully saturated rings. The number of alkyl halides is 3. The summed E-state index contributed by atoms with van der Waals surface area (Å²) in [5, 5.41) is 2.01. The Labute approximate surface area is 125 Å². The van der Waals surface area contributed by atoms with E-state index in [1.807, 2.05) is 5.38 Å². The molecule has 0 aliphatic carbocycles. The molecule has 0 aliphatic heterocycles. The average molecular weight is 314 g/mol. The lowest BCUT2D eigenvalue weighted by atomic mass is 10.0. The summed E-state index contributed by atoms with van der Waals surface area (Å²) in [7, 11) is 0. The maximum atomic E-state index is 12.5. The van der Waals surface area contributed by atoms with Gasteiger partial charge in [-0.05, 0) is 47.5 Å². The van der Waals surface area contributed by atoms with Crippen LogP contribution in [0.1, 0.15) is 34.5 Å². The van der Waals surface area contributed by atoms with Gasteiger partial charge in [0.05, 0.1) is 11.6 Å². The number of aryl methyl sites for hydroxylation is 1. The second kappa shape index (κ2) is 6.60. The Balaban J connectivity index is 2.16. The van der Waals surface area contributed by atoms with Gasteiger partial charge in [0, 0.05) is 4.88 Å². The molecule has 0 saturated carbocycles. The predicted octanol–water partition coefficient (Wildman–Crippen LogP) is 4.08. The second-order valence-electron chi connectivity index (χ2n) is 4.78. The van der Waals surface area contributed by atoms with Crippen LogP contribution in [0.25, 0.3) is 0 Å². The van der Waals surface area contributed by atoms with E-state index < -0.39 is 11.7 Å². The van der Waals surface area contributed by atoms with Crippen molar-refractivity contribution in [2.24, 2.45) is 5.84 Å². The van der Waals surface area contributed by atoms with E-state index in [1.165, 1.54) is 17.7 Å². The van der Waals surface area contributed by atoms with Crippen molar-refractivity contribution in [1.82, 2.24) is 5.43 Å². The first-order valence-corrected chi connectivity index (χ1v) is 7.52. The molecule has 1 atom stereocenters. The molecule has 21 heavy (non-hydrogen) atoms. The van der Waals surface area contributed by atoms with Gasteiger partial charge in [-0.25, -0.2) is 0 Å². The lowest BCUT2D eigenvalue weighted by Crippen LogP contribution is -2.29. The van der Waals surface area contributed by atoms with E-state index in [0.29, 0.717) is 6.42 Å². The van der Waals surface area contributed by atoms with E-state index in [2.05, 4.69) is 18.4 Å². The van der Waals surface area contributed by atoms with Gasteiger partial charge in [0.2, 0.25) is 0 Å². The summed E-state index contributed by atoms with van der Waals surface area (Å²) in [6.07, 6.45) is -2.83. The first kappa shape index (κ1) is 16.0. The normalized spacial score (nSPS) is 13.4. The molecule has 3 N–H and O–H groups in total. The molecular weight excluding hydrogens is 297 g/mol. The highest BCUT2D eigenvalue weighted by molar-refractivity contribution is 7.10. The highest BCUT2D eigenvalue weighted by Crippen LogP contribution is 2.31. The third kappa shape index (κ3) is 3.84. The third-order valence-electron chi connectivity index (χ3n) is 3.40. The lowest BCUT2D eigenvalue weighted by Gasteiger charge is -2.17. The Hall–Kier alpha value is -1.37. The molecule has 1 aromatic carbocycles. The number of thiophene rings is 1. The quantitative estimate of drug-likeness (QED) is 0.645. The van der Waals surface area contributed by atoms with E-state index in [0.717, 1.165) is 29.0 Å². The summed E-state index contributed by atoms with van der Waals surface area (Å²) in [4.78, 5) is 1.14. The Morgan fingerprint density at radius 3 is 2.38 bits per heavy atom. The number of hydrogen-bond acceptors (Lipinski definition) is 3. The van der Waals surface area contributed by atoms with E-state index in [9.17, 15) is 13.2 Å². The standard InChI is InChI=1S/C15H17F3N2S/c1-2-11-7-8-21-14(11)13(20-19)9-10-3-5-12(6-4-10)15(16,17)18/h3-8,13,20H,2,9,19H2,1H3. The Bertz CT molecular complexity index is 575. The molecule has 0 radical (unpaired) electrons. The molecule has 2 rings (SSSR count). The minimum atomic E-state index is -4.30. The molecule has 0 bridgehead atoms. The maximum absolute atomic E-state index is 12.5. The summed E-state index contributed by atoms with van der Waals surface area (Å²) in [6.45, 7) is 2.07. The zero-order chi connectivity index (χ0) is 15.5. The van der Waals surface area contributed by atoms with Gasteiger partial charge in [-0.15, -0.1) is 11.3 Å². The van der Waals surface area contributed by atoms with E-state index in [1.54, 1.807) is 11.3 Å². The number of hydrogen-bond donors (Lipinski definition) is 2. The van der Waals surface area contributed by atoms with Crippen LogP contribution in [-0.2, 0) is 19.0 Å². The molecule has 0 saturated heterocycles. The zero-order valence-electron chi connectivity index (χ0n) is 11.6. The average Bonchev–Trinajstić information content (AvgIpc) is 2.92. The van der Waals surface area contributed by atoms with Crippen LogP contribution < -0.4 is 11.3 Å². The summed E-state index contributed by atoms with van der Waals surface area (Å²) in [5.41, 5.74) is 4.17. The van der Waals surface area contributed by atoms with Crippen molar-refractivity contribution < 1.29 is 13.2 Å². The molecule has 1 aromatic heterocycles. The van der Waals surface area contributed by atoms with Crippen molar-refractivity contribution in [3.8, 4) is 0 Å². The number of benzene rings is 1.